The summed E-state index contributed by atoms with van der Waals surface area (Å²) in [6.07, 6.45) is 1.66. The van der Waals surface area contributed by atoms with Gasteiger partial charge in [-0.05, 0) is 18.1 Å². The molecular weight excluding hydrogens is 387 g/mol. The number of halogens is 2. The van der Waals surface area contributed by atoms with E-state index in [1.165, 1.54) is 10.7 Å². The number of nitrogens with zero attached hydrogens (tertiary/aromatic N) is 2. The van der Waals surface area contributed by atoms with E-state index >= 15 is 0 Å². The molecule has 0 aliphatic rings. The highest BCUT2D eigenvalue weighted by Gasteiger charge is 2.23. The van der Waals surface area contributed by atoms with Crippen LogP contribution in [0.2, 0.25) is 10.0 Å². The van der Waals surface area contributed by atoms with Gasteiger partial charge in [0.2, 0.25) is 10.0 Å². The molecular formula is C15H18Cl2N4O3S. The Morgan fingerprint density at radius 2 is 1.96 bits per heavy atom. The third kappa shape index (κ3) is 4.94. The number of aromatic nitrogens is 2. The minimum atomic E-state index is -3.87. The van der Waals surface area contributed by atoms with Gasteiger partial charge in [-0.3, -0.25) is 9.48 Å². The van der Waals surface area contributed by atoms with Crippen molar-refractivity contribution in [3.05, 3.63) is 40.0 Å². The zero-order valence-corrected chi connectivity index (χ0v) is 16.2. The predicted molar refractivity (Wildman–Crippen MR) is 97.6 cm³/mol. The maximum Gasteiger partial charge on any atom is 0.258 e. The van der Waals surface area contributed by atoms with Crippen LogP contribution in [0.3, 0.4) is 0 Å². The first-order chi connectivity index (χ1) is 11.6. The molecule has 0 saturated carbocycles. The maximum absolute atomic E-state index is 12.4. The molecule has 0 saturated heterocycles. The van der Waals surface area contributed by atoms with Crippen LogP contribution >= 0.6 is 23.2 Å². The first-order valence-electron chi connectivity index (χ1n) is 7.40. The van der Waals surface area contributed by atoms with Gasteiger partial charge < -0.3 is 5.32 Å². The molecule has 0 fully saturated rings. The molecule has 136 valence electrons. The Balaban J connectivity index is 2.35. The summed E-state index contributed by atoms with van der Waals surface area (Å²) in [6, 6.07) is 4.00. The quantitative estimate of drug-likeness (QED) is 0.773. The van der Waals surface area contributed by atoms with Gasteiger partial charge in [0, 0.05) is 25.9 Å². The highest BCUT2D eigenvalue weighted by molar-refractivity contribution is 7.89. The Labute approximate surface area is 156 Å². The molecule has 0 aliphatic carbocycles. The van der Waals surface area contributed by atoms with E-state index in [2.05, 4.69) is 15.1 Å². The fourth-order valence-corrected chi connectivity index (χ4v) is 4.00. The lowest BCUT2D eigenvalue weighted by molar-refractivity contribution is 0.102. The van der Waals surface area contributed by atoms with Crippen molar-refractivity contribution in [2.75, 3.05) is 11.9 Å². The first kappa shape index (κ1) is 19.7. The zero-order chi connectivity index (χ0) is 18.8. The molecule has 1 aromatic carbocycles. The highest BCUT2D eigenvalue weighted by atomic mass is 35.5. The van der Waals surface area contributed by atoms with Gasteiger partial charge in [-0.15, -0.1) is 0 Å². The molecule has 0 atom stereocenters. The minimum Gasteiger partial charge on any atom is -0.305 e. The van der Waals surface area contributed by atoms with Crippen molar-refractivity contribution in [2.45, 2.75) is 18.7 Å². The van der Waals surface area contributed by atoms with Crippen molar-refractivity contribution >= 4 is 45.0 Å². The number of amides is 1. The summed E-state index contributed by atoms with van der Waals surface area (Å²) in [5.41, 5.74) is -0.0124. The molecule has 0 radical (unpaired) electrons. The summed E-state index contributed by atoms with van der Waals surface area (Å²) in [7, 11) is -2.16. The van der Waals surface area contributed by atoms with Crippen LogP contribution in [-0.4, -0.2) is 30.7 Å². The van der Waals surface area contributed by atoms with E-state index in [4.69, 9.17) is 23.2 Å². The Morgan fingerprint density at radius 1 is 1.28 bits per heavy atom. The van der Waals surface area contributed by atoms with E-state index in [1.54, 1.807) is 19.3 Å². The number of anilines is 1. The molecule has 2 aromatic rings. The van der Waals surface area contributed by atoms with Gasteiger partial charge in [0.1, 0.15) is 4.90 Å². The summed E-state index contributed by atoms with van der Waals surface area (Å²) in [5, 5.41) is 6.57. The lowest BCUT2D eigenvalue weighted by Gasteiger charge is -2.12. The number of carbonyl (C=O) groups excluding carboxylic acids is 1. The Kier molecular flexibility index (Phi) is 6.10. The molecule has 7 nitrogen and oxygen atoms in total. The smallest absolute Gasteiger partial charge is 0.258 e. The molecule has 0 unspecified atom stereocenters. The molecule has 10 heteroatoms. The van der Waals surface area contributed by atoms with E-state index in [-0.39, 0.29) is 33.0 Å². The summed E-state index contributed by atoms with van der Waals surface area (Å²) < 4.78 is 28.8. The van der Waals surface area contributed by atoms with Crippen LogP contribution in [0.15, 0.2) is 29.3 Å². The van der Waals surface area contributed by atoms with Crippen molar-refractivity contribution in [1.82, 2.24) is 14.5 Å². The molecule has 1 amide bonds. The fraction of sp³-hybridized carbons (Fsp3) is 0.333. The normalized spacial score (nSPS) is 11.8. The van der Waals surface area contributed by atoms with Crippen LogP contribution < -0.4 is 10.0 Å². The van der Waals surface area contributed by atoms with Crippen molar-refractivity contribution in [2.24, 2.45) is 13.0 Å². The highest BCUT2D eigenvalue weighted by Crippen LogP contribution is 2.29. The van der Waals surface area contributed by atoms with Crippen LogP contribution in [0.5, 0.6) is 0 Å². The summed E-state index contributed by atoms with van der Waals surface area (Å²) in [5.74, 6) is -0.144. The molecule has 0 bridgehead atoms. The van der Waals surface area contributed by atoms with Gasteiger partial charge in [-0.2, -0.15) is 5.10 Å². The largest absolute Gasteiger partial charge is 0.305 e. The van der Waals surface area contributed by atoms with Gasteiger partial charge in [0.15, 0.2) is 5.82 Å². The topological polar surface area (TPSA) is 93.1 Å². The third-order valence-electron chi connectivity index (χ3n) is 3.19. The van der Waals surface area contributed by atoms with Gasteiger partial charge >= 0.3 is 0 Å². The van der Waals surface area contributed by atoms with Crippen LogP contribution in [0.1, 0.15) is 24.2 Å². The number of hydrogen-bond acceptors (Lipinski definition) is 4. The number of carbonyl (C=O) groups is 1. The monoisotopic (exact) mass is 404 g/mol. The number of rotatable bonds is 6. The molecule has 1 heterocycles. The van der Waals surface area contributed by atoms with Crippen molar-refractivity contribution < 1.29 is 13.2 Å². The standard InChI is InChI=1S/C15H18Cl2N4O3S/c1-9(2)8-18-25(23,24)13-6-10(11(16)7-12(13)17)15(22)19-14-4-5-21(3)20-14/h4-7,9,18H,8H2,1-3H3,(H,19,20,22). The van der Waals surface area contributed by atoms with Crippen molar-refractivity contribution in [1.29, 1.82) is 0 Å². The molecule has 2 N–H and O–H groups in total. The number of aryl methyl sites for hydroxylation is 1. The average molecular weight is 405 g/mol. The zero-order valence-electron chi connectivity index (χ0n) is 13.9. The van der Waals surface area contributed by atoms with Crippen LogP contribution in [0.4, 0.5) is 5.82 Å². The molecule has 25 heavy (non-hydrogen) atoms. The number of hydrogen-bond donors (Lipinski definition) is 2. The van der Waals surface area contributed by atoms with Crippen molar-refractivity contribution in [3.8, 4) is 0 Å². The number of nitrogens with one attached hydrogen (secondary N) is 2. The average Bonchev–Trinajstić information content (AvgIpc) is 2.90. The summed E-state index contributed by atoms with van der Waals surface area (Å²) >= 11 is 12.1. The van der Waals surface area contributed by atoms with E-state index in [9.17, 15) is 13.2 Å². The van der Waals surface area contributed by atoms with Crippen LogP contribution in [0, 0.1) is 5.92 Å². The third-order valence-corrected chi connectivity index (χ3v) is 5.39. The predicted octanol–water partition coefficient (Wildman–Crippen LogP) is 2.91. The van der Waals surface area contributed by atoms with E-state index < -0.39 is 15.9 Å². The SMILES string of the molecule is CC(C)CNS(=O)(=O)c1cc(C(=O)Nc2ccn(C)n2)c(Cl)cc1Cl. The van der Waals surface area contributed by atoms with Crippen LogP contribution in [-0.2, 0) is 17.1 Å². The summed E-state index contributed by atoms with van der Waals surface area (Å²) in [4.78, 5) is 12.2. The number of sulfonamides is 1. The Hall–Kier alpha value is -1.61. The number of benzene rings is 1. The first-order valence-corrected chi connectivity index (χ1v) is 9.63. The maximum atomic E-state index is 12.4. The second kappa shape index (κ2) is 7.74. The molecule has 2 rings (SSSR count). The lowest BCUT2D eigenvalue weighted by atomic mass is 10.2. The van der Waals surface area contributed by atoms with Crippen molar-refractivity contribution in [3.63, 3.8) is 0 Å². The fourth-order valence-electron chi connectivity index (χ4n) is 1.93. The second-order valence-electron chi connectivity index (χ2n) is 5.84. The molecule has 1 aromatic heterocycles. The minimum absolute atomic E-state index is 0.0124. The Morgan fingerprint density at radius 3 is 2.52 bits per heavy atom. The van der Waals surface area contributed by atoms with Gasteiger partial charge in [0.05, 0.1) is 15.6 Å². The van der Waals surface area contributed by atoms with Gasteiger partial charge in [-0.25, -0.2) is 13.1 Å². The van der Waals surface area contributed by atoms with Gasteiger partial charge in [-0.1, -0.05) is 37.0 Å². The Bertz CT molecular complexity index is 894. The van der Waals surface area contributed by atoms with E-state index in [0.29, 0.717) is 5.82 Å². The molecule has 0 spiro atoms. The van der Waals surface area contributed by atoms with Crippen LogP contribution in [0.25, 0.3) is 0 Å². The summed E-state index contributed by atoms with van der Waals surface area (Å²) in [6.45, 7) is 3.99. The second-order valence-corrected chi connectivity index (χ2v) is 8.39. The molecule has 0 aliphatic heterocycles. The van der Waals surface area contributed by atoms with E-state index in [1.807, 2.05) is 13.8 Å². The van der Waals surface area contributed by atoms with Gasteiger partial charge in [0.25, 0.3) is 5.91 Å². The van der Waals surface area contributed by atoms with E-state index in [0.717, 1.165) is 6.07 Å². The lowest BCUT2D eigenvalue weighted by Crippen LogP contribution is -2.28.